The van der Waals surface area contributed by atoms with E-state index in [4.69, 9.17) is 4.74 Å². The standard InChI is InChI=1S/C23H26F2N8O2/c1-13(33-11-28-20-18(33)10-35-12-31(20)2)21(34)30-19-5-3-4-17(29-19)14-6-26-22(27-7-14)32-8-15-16(9-32)23(15,24)25/h3-7,13,15-16,28H,8-12H2,1-2H3,(H,29,30,34)/t13-,15?,16?/m0/s1. The maximum atomic E-state index is 13.4. The Bertz CT molecular complexity index is 1180. The number of carbonyl (C=O) groups is 1. The van der Waals surface area contributed by atoms with Crippen LogP contribution >= 0.6 is 0 Å². The molecule has 4 aliphatic rings. The minimum atomic E-state index is -2.53. The Kier molecular flexibility index (Phi) is 5.02. The number of nitrogens with one attached hydrogen (secondary N) is 2. The number of carbonyl (C=O) groups excluding carboxylic acids is 1. The van der Waals surface area contributed by atoms with Crippen LogP contribution in [-0.4, -0.2) is 82.8 Å². The van der Waals surface area contributed by atoms with Crippen molar-refractivity contribution in [2.75, 3.05) is 50.4 Å². The Morgan fingerprint density at radius 2 is 2.00 bits per heavy atom. The van der Waals surface area contributed by atoms with Gasteiger partial charge in [0, 0.05) is 38.1 Å². The largest absolute Gasteiger partial charge is 0.355 e. The Balaban J connectivity index is 1.11. The molecule has 12 heteroatoms. The van der Waals surface area contributed by atoms with Crippen molar-refractivity contribution >= 4 is 17.7 Å². The van der Waals surface area contributed by atoms with Crippen molar-refractivity contribution in [3.63, 3.8) is 0 Å². The second-order valence-electron chi connectivity index (χ2n) is 9.41. The molecule has 2 fully saturated rings. The van der Waals surface area contributed by atoms with E-state index >= 15 is 0 Å². The van der Waals surface area contributed by atoms with E-state index in [9.17, 15) is 13.6 Å². The van der Waals surface area contributed by atoms with Gasteiger partial charge in [-0.3, -0.25) is 4.79 Å². The fraction of sp³-hybridized carbons (Fsp3) is 0.478. The zero-order chi connectivity index (χ0) is 24.3. The second-order valence-corrected chi connectivity index (χ2v) is 9.41. The summed E-state index contributed by atoms with van der Waals surface area (Å²) in [5.74, 6) is -2.03. The molecule has 3 aliphatic heterocycles. The number of piperidine rings is 1. The monoisotopic (exact) mass is 484 g/mol. The van der Waals surface area contributed by atoms with Gasteiger partial charge in [-0.15, -0.1) is 0 Å². The van der Waals surface area contributed by atoms with Crippen LogP contribution in [0.5, 0.6) is 0 Å². The van der Waals surface area contributed by atoms with Gasteiger partial charge in [0.2, 0.25) is 11.9 Å². The summed E-state index contributed by atoms with van der Waals surface area (Å²) in [5.41, 5.74) is 2.24. The van der Waals surface area contributed by atoms with Crippen LogP contribution in [-0.2, 0) is 9.53 Å². The van der Waals surface area contributed by atoms with Crippen molar-refractivity contribution < 1.29 is 18.3 Å². The molecule has 2 unspecified atom stereocenters. The molecule has 35 heavy (non-hydrogen) atoms. The highest BCUT2D eigenvalue weighted by Crippen LogP contribution is 2.59. The first-order valence-electron chi connectivity index (χ1n) is 11.6. The molecule has 6 rings (SSSR count). The Hall–Kier alpha value is -3.54. The number of fused-ring (bicyclic) bond motifs is 1. The van der Waals surface area contributed by atoms with E-state index in [-0.39, 0.29) is 19.0 Å². The maximum Gasteiger partial charge on any atom is 0.258 e. The first-order chi connectivity index (χ1) is 16.8. The topological polar surface area (TPSA) is 98.8 Å². The summed E-state index contributed by atoms with van der Waals surface area (Å²) in [5, 5.41) is 6.22. The van der Waals surface area contributed by atoms with Crippen molar-refractivity contribution in [2.24, 2.45) is 11.8 Å². The fourth-order valence-corrected chi connectivity index (χ4v) is 5.04. The van der Waals surface area contributed by atoms with Gasteiger partial charge in [0.25, 0.3) is 5.92 Å². The van der Waals surface area contributed by atoms with Gasteiger partial charge in [-0.1, -0.05) is 6.07 Å². The third-order valence-electron chi connectivity index (χ3n) is 7.21. The first-order valence-corrected chi connectivity index (χ1v) is 11.6. The minimum absolute atomic E-state index is 0.186. The van der Waals surface area contributed by atoms with Gasteiger partial charge in [-0.2, -0.15) is 0 Å². The second kappa shape index (κ2) is 8.01. The van der Waals surface area contributed by atoms with Gasteiger partial charge in [0.15, 0.2) is 0 Å². The first kappa shape index (κ1) is 22.0. The molecule has 0 aromatic carbocycles. The highest BCUT2D eigenvalue weighted by Gasteiger charge is 2.72. The van der Waals surface area contributed by atoms with Crippen molar-refractivity contribution in [2.45, 2.75) is 18.9 Å². The zero-order valence-electron chi connectivity index (χ0n) is 19.4. The van der Waals surface area contributed by atoms with Gasteiger partial charge >= 0.3 is 0 Å². The number of pyridine rings is 1. The van der Waals surface area contributed by atoms with E-state index in [1.807, 2.05) is 23.8 Å². The summed E-state index contributed by atoms with van der Waals surface area (Å²) in [4.78, 5) is 32.0. The lowest BCUT2D eigenvalue weighted by Gasteiger charge is -2.30. The third kappa shape index (κ3) is 3.72. The van der Waals surface area contributed by atoms with Crippen LogP contribution < -0.4 is 15.5 Å². The molecule has 1 saturated heterocycles. The minimum Gasteiger partial charge on any atom is -0.355 e. The highest BCUT2D eigenvalue weighted by atomic mass is 19.3. The number of alkyl halides is 2. The van der Waals surface area contributed by atoms with Gasteiger partial charge in [-0.05, 0) is 19.1 Å². The number of amides is 1. The van der Waals surface area contributed by atoms with Crippen LogP contribution in [0.4, 0.5) is 20.5 Å². The molecule has 0 spiro atoms. The smallest absolute Gasteiger partial charge is 0.258 e. The lowest BCUT2D eigenvalue weighted by molar-refractivity contribution is -0.120. The molecule has 2 N–H and O–H groups in total. The highest BCUT2D eigenvalue weighted by molar-refractivity contribution is 5.94. The quantitative estimate of drug-likeness (QED) is 0.655. The summed E-state index contributed by atoms with van der Waals surface area (Å²) in [6.07, 6.45) is 3.26. The molecule has 3 atom stereocenters. The Morgan fingerprint density at radius 3 is 2.74 bits per heavy atom. The van der Waals surface area contributed by atoms with E-state index in [1.165, 1.54) is 0 Å². The molecule has 184 valence electrons. The lowest BCUT2D eigenvalue weighted by Crippen LogP contribution is -2.42. The number of nitrogens with zero attached hydrogens (tertiary/aromatic N) is 6. The van der Waals surface area contributed by atoms with Crippen molar-refractivity contribution in [3.05, 3.63) is 42.1 Å². The summed E-state index contributed by atoms with van der Waals surface area (Å²) < 4.78 is 32.5. The number of aromatic nitrogens is 3. The fourth-order valence-electron chi connectivity index (χ4n) is 5.04. The average Bonchev–Trinajstić information content (AvgIpc) is 3.29. The molecule has 1 aliphatic carbocycles. The molecule has 10 nitrogen and oxygen atoms in total. The molecule has 1 saturated carbocycles. The van der Waals surface area contributed by atoms with Crippen LogP contribution in [0.25, 0.3) is 11.3 Å². The molecular formula is C23H26F2N8O2. The predicted octanol–water partition coefficient (Wildman–Crippen LogP) is 1.52. The number of rotatable bonds is 5. The summed E-state index contributed by atoms with van der Waals surface area (Å²) in [6.45, 7) is 3.90. The van der Waals surface area contributed by atoms with Crippen LogP contribution in [0.3, 0.4) is 0 Å². The number of ether oxygens (including phenoxy) is 1. The summed E-state index contributed by atoms with van der Waals surface area (Å²) in [7, 11) is 1.94. The lowest BCUT2D eigenvalue weighted by atomic mass is 10.2. The van der Waals surface area contributed by atoms with Crippen LogP contribution in [0.15, 0.2) is 42.1 Å². The van der Waals surface area contributed by atoms with E-state index < -0.39 is 23.8 Å². The van der Waals surface area contributed by atoms with Gasteiger partial charge < -0.3 is 30.1 Å². The number of anilines is 2. The normalized spacial score (nSPS) is 25.2. The maximum absolute atomic E-state index is 13.4. The van der Waals surface area contributed by atoms with Gasteiger partial charge in [0.1, 0.15) is 24.4 Å². The molecule has 2 aromatic heterocycles. The van der Waals surface area contributed by atoms with Crippen molar-refractivity contribution in [1.82, 2.24) is 30.1 Å². The van der Waals surface area contributed by atoms with E-state index in [2.05, 4.69) is 25.6 Å². The van der Waals surface area contributed by atoms with Crippen LogP contribution in [0.2, 0.25) is 0 Å². The Labute approximate surface area is 201 Å². The van der Waals surface area contributed by atoms with Crippen LogP contribution in [0.1, 0.15) is 6.92 Å². The number of halogens is 2. The number of hydrogen-bond acceptors (Lipinski definition) is 9. The Morgan fingerprint density at radius 1 is 1.26 bits per heavy atom. The predicted molar refractivity (Wildman–Crippen MR) is 123 cm³/mol. The van der Waals surface area contributed by atoms with Crippen molar-refractivity contribution in [3.8, 4) is 11.3 Å². The number of hydrogen-bond donors (Lipinski definition) is 2. The van der Waals surface area contributed by atoms with Gasteiger partial charge in [0.05, 0.1) is 36.5 Å². The van der Waals surface area contributed by atoms with Crippen LogP contribution in [0, 0.1) is 11.8 Å². The van der Waals surface area contributed by atoms with E-state index in [0.717, 1.165) is 11.5 Å². The van der Waals surface area contributed by atoms with Crippen molar-refractivity contribution in [1.29, 1.82) is 0 Å². The molecule has 1 amide bonds. The molecular weight excluding hydrogens is 458 g/mol. The van der Waals surface area contributed by atoms with E-state index in [0.29, 0.717) is 43.0 Å². The van der Waals surface area contributed by atoms with Gasteiger partial charge in [-0.25, -0.2) is 23.7 Å². The summed E-state index contributed by atoms with van der Waals surface area (Å²) in [6, 6.07) is 4.90. The van der Waals surface area contributed by atoms with E-state index in [1.54, 1.807) is 35.5 Å². The average molecular weight is 485 g/mol. The molecule has 0 bridgehead atoms. The molecule has 5 heterocycles. The molecule has 2 aromatic rings. The SMILES string of the molecule is C[C@@H](C(=O)Nc1cccc(-c2cnc(N3CC4C(C3)C4(F)F)nc2)n1)N1CNC2=C1COCN2C. The zero-order valence-corrected chi connectivity index (χ0v) is 19.4. The third-order valence-corrected chi connectivity index (χ3v) is 7.21. The summed E-state index contributed by atoms with van der Waals surface area (Å²) >= 11 is 0. The molecule has 0 radical (unpaired) electrons.